The van der Waals surface area contributed by atoms with Crippen molar-refractivity contribution in [1.82, 2.24) is 20.8 Å². The number of aromatic amines is 1. The van der Waals surface area contributed by atoms with Crippen molar-refractivity contribution in [3.8, 4) is 0 Å². The lowest BCUT2D eigenvalue weighted by Crippen LogP contribution is -2.42. The van der Waals surface area contributed by atoms with E-state index in [4.69, 9.17) is 4.99 Å². The average Bonchev–Trinajstić information content (AvgIpc) is 2.93. The van der Waals surface area contributed by atoms with Gasteiger partial charge < -0.3 is 10.6 Å². The molecule has 0 aliphatic heterocycles. The van der Waals surface area contributed by atoms with E-state index in [-0.39, 0.29) is 0 Å². The van der Waals surface area contributed by atoms with E-state index in [1.807, 2.05) is 6.20 Å². The van der Waals surface area contributed by atoms with Gasteiger partial charge in [-0.3, -0.25) is 10.1 Å². The Morgan fingerprint density at radius 2 is 2.09 bits per heavy atom. The van der Waals surface area contributed by atoms with Crippen molar-refractivity contribution >= 4 is 5.96 Å². The van der Waals surface area contributed by atoms with E-state index in [0.717, 1.165) is 31.9 Å². The summed E-state index contributed by atoms with van der Waals surface area (Å²) in [5.41, 5.74) is 2.46. The Kier molecular flexibility index (Phi) is 10.2. The lowest BCUT2D eigenvalue weighted by atomic mass is 10.1. The van der Waals surface area contributed by atoms with Gasteiger partial charge in [0.2, 0.25) is 0 Å². The molecule has 0 aliphatic carbocycles. The largest absolute Gasteiger partial charge is 0.357 e. The van der Waals surface area contributed by atoms with Crippen LogP contribution in [0.3, 0.4) is 0 Å². The van der Waals surface area contributed by atoms with Gasteiger partial charge in [-0.2, -0.15) is 5.10 Å². The van der Waals surface area contributed by atoms with Gasteiger partial charge in [-0.25, -0.2) is 0 Å². The molecule has 5 nitrogen and oxygen atoms in total. The predicted octanol–water partition coefficient (Wildman–Crippen LogP) is 3.56. The molecule has 132 valence electrons. The smallest absolute Gasteiger partial charge is 0.191 e. The zero-order valence-corrected chi connectivity index (χ0v) is 15.4. The zero-order chi connectivity index (χ0) is 16.9. The van der Waals surface area contributed by atoms with Gasteiger partial charge in [-0.05, 0) is 45.6 Å². The number of hydrogen-bond donors (Lipinski definition) is 3. The molecule has 3 N–H and O–H groups in total. The molecule has 0 bridgehead atoms. The number of aryl methyl sites for hydroxylation is 2. The number of rotatable bonds is 11. The molecule has 1 rings (SSSR count). The van der Waals surface area contributed by atoms with Crippen LogP contribution in [0, 0.1) is 6.92 Å². The number of aliphatic imine (C=N–C) groups is 1. The Bertz CT molecular complexity index is 438. The number of hydrogen-bond acceptors (Lipinski definition) is 2. The molecule has 1 aromatic heterocycles. The van der Waals surface area contributed by atoms with Gasteiger partial charge in [0.25, 0.3) is 0 Å². The number of unbranched alkanes of at least 4 members (excludes halogenated alkanes) is 3. The molecule has 1 unspecified atom stereocenters. The molecule has 0 saturated carbocycles. The number of H-pyrrole nitrogens is 1. The molecule has 0 aromatic carbocycles. The molecule has 0 radical (unpaired) electrons. The standard InChI is InChI=1S/C18H35N5/c1-5-7-8-9-11-15(3)22-18(19-6-2)20-13-10-12-17-14-21-23-16(17)4/h14-15H,5-13H2,1-4H3,(H,21,23)(H2,19,20,22). The highest BCUT2D eigenvalue weighted by molar-refractivity contribution is 5.80. The second kappa shape index (κ2) is 12.0. The summed E-state index contributed by atoms with van der Waals surface area (Å²) in [6.45, 7) is 10.4. The second-order valence-electron chi connectivity index (χ2n) is 6.28. The summed E-state index contributed by atoms with van der Waals surface area (Å²) in [7, 11) is 0. The first-order chi connectivity index (χ1) is 11.2. The van der Waals surface area contributed by atoms with Gasteiger partial charge in [0.1, 0.15) is 0 Å². The molecule has 0 amide bonds. The SMILES string of the molecule is CCCCCCC(C)NC(=NCCCc1cn[nH]c1C)NCC. The van der Waals surface area contributed by atoms with Crippen LogP contribution in [0.2, 0.25) is 0 Å². The molecule has 0 aliphatic rings. The van der Waals surface area contributed by atoms with E-state index >= 15 is 0 Å². The topological polar surface area (TPSA) is 65.1 Å². The molecule has 5 heteroatoms. The maximum atomic E-state index is 4.69. The highest BCUT2D eigenvalue weighted by Gasteiger charge is 2.05. The lowest BCUT2D eigenvalue weighted by molar-refractivity contribution is 0.537. The summed E-state index contributed by atoms with van der Waals surface area (Å²) in [6.07, 6.45) is 10.5. The molecular formula is C18H35N5. The van der Waals surface area contributed by atoms with Crippen LogP contribution >= 0.6 is 0 Å². The Hall–Kier alpha value is -1.52. The van der Waals surface area contributed by atoms with Crippen LogP contribution in [-0.2, 0) is 6.42 Å². The summed E-state index contributed by atoms with van der Waals surface area (Å²) in [5.74, 6) is 0.944. The molecule has 0 spiro atoms. The summed E-state index contributed by atoms with van der Waals surface area (Å²) in [6, 6.07) is 0.473. The normalized spacial score (nSPS) is 13.1. The Labute approximate surface area is 141 Å². The zero-order valence-electron chi connectivity index (χ0n) is 15.4. The highest BCUT2D eigenvalue weighted by atomic mass is 15.2. The first-order valence-corrected chi connectivity index (χ1v) is 9.21. The van der Waals surface area contributed by atoms with Crippen LogP contribution < -0.4 is 10.6 Å². The van der Waals surface area contributed by atoms with Gasteiger partial charge in [-0.1, -0.05) is 32.6 Å². The van der Waals surface area contributed by atoms with E-state index in [1.54, 1.807) is 0 Å². The van der Waals surface area contributed by atoms with Gasteiger partial charge in [0.15, 0.2) is 5.96 Å². The van der Waals surface area contributed by atoms with Crippen molar-refractivity contribution < 1.29 is 0 Å². The molecule has 1 atom stereocenters. The fraction of sp³-hybridized carbons (Fsp3) is 0.778. The first-order valence-electron chi connectivity index (χ1n) is 9.21. The maximum Gasteiger partial charge on any atom is 0.191 e. The highest BCUT2D eigenvalue weighted by Crippen LogP contribution is 2.06. The number of nitrogens with zero attached hydrogens (tertiary/aromatic N) is 2. The fourth-order valence-corrected chi connectivity index (χ4v) is 2.59. The number of aromatic nitrogens is 2. The first kappa shape index (κ1) is 19.5. The van der Waals surface area contributed by atoms with Crippen LogP contribution in [0.15, 0.2) is 11.2 Å². The third kappa shape index (κ3) is 8.62. The monoisotopic (exact) mass is 321 g/mol. The lowest BCUT2D eigenvalue weighted by Gasteiger charge is -2.17. The fourth-order valence-electron chi connectivity index (χ4n) is 2.59. The predicted molar refractivity (Wildman–Crippen MR) is 99.0 cm³/mol. The van der Waals surface area contributed by atoms with Crippen molar-refractivity contribution in [2.24, 2.45) is 4.99 Å². The van der Waals surface area contributed by atoms with Gasteiger partial charge >= 0.3 is 0 Å². The summed E-state index contributed by atoms with van der Waals surface area (Å²) >= 11 is 0. The third-order valence-electron chi connectivity index (χ3n) is 4.03. The van der Waals surface area contributed by atoms with E-state index in [2.05, 4.69) is 48.5 Å². The van der Waals surface area contributed by atoms with E-state index in [9.17, 15) is 0 Å². The maximum absolute atomic E-state index is 4.69. The van der Waals surface area contributed by atoms with Crippen LogP contribution in [-0.4, -0.2) is 35.3 Å². The molecule has 23 heavy (non-hydrogen) atoms. The van der Waals surface area contributed by atoms with Crippen molar-refractivity contribution in [2.75, 3.05) is 13.1 Å². The minimum absolute atomic E-state index is 0.473. The summed E-state index contributed by atoms with van der Waals surface area (Å²) in [5, 5.41) is 13.9. The molecule has 1 heterocycles. The average molecular weight is 322 g/mol. The van der Waals surface area contributed by atoms with Crippen molar-refractivity contribution in [2.45, 2.75) is 78.7 Å². The van der Waals surface area contributed by atoms with Crippen LogP contribution in [0.4, 0.5) is 0 Å². The minimum atomic E-state index is 0.473. The Morgan fingerprint density at radius 1 is 1.26 bits per heavy atom. The molecular weight excluding hydrogens is 286 g/mol. The van der Waals surface area contributed by atoms with E-state index in [0.29, 0.717) is 6.04 Å². The van der Waals surface area contributed by atoms with Crippen molar-refractivity contribution in [3.05, 3.63) is 17.5 Å². The van der Waals surface area contributed by atoms with E-state index < -0.39 is 0 Å². The second-order valence-corrected chi connectivity index (χ2v) is 6.28. The quantitative estimate of drug-likeness (QED) is 0.332. The Morgan fingerprint density at radius 3 is 2.74 bits per heavy atom. The minimum Gasteiger partial charge on any atom is -0.357 e. The van der Waals surface area contributed by atoms with Crippen LogP contribution in [0.25, 0.3) is 0 Å². The third-order valence-corrected chi connectivity index (χ3v) is 4.03. The van der Waals surface area contributed by atoms with Gasteiger partial charge in [0, 0.05) is 24.8 Å². The Balaban J connectivity index is 2.30. The van der Waals surface area contributed by atoms with Gasteiger partial charge in [0.05, 0.1) is 6.20 Å². The van der Waals surface area contributed by atoms with Crippen molar-refractivity contribution in [1.29, 1.82) is 0 Å². The van der Waals surface area contributed by atoms with Gasteiger partial charge in [-0.15, -0.1) is 0 Å². The number of guanidine groups is 1. The summed E-state index contributed by atoms with van der Waals surface area (Å²) in [4.78, 5) is 4.69. The van der Waals surface area contributed by atoms with E-state index in [1.165, 1.54) is 43.4 Å². The summed E-state index contributed by atoms with van der Waals surface area (Å²) < 4.78 is 0. The number of nitrogens with one attached hydrogen (secondary N) is 3. The van der Waals surface area contributed by atoms with Crippen LogP contribution in [0.5, 0.6) is 0 Å². The molecule has 0 saturated heterocycles. The van der Waals surface area contributed by atoms with Crippen molar-refractivity contribution in [3.63, 3.8) is 0 Å². The van der Waals surface area contributed by atoms with Crippen LogP contribution in [0.1, 0.15) is 70.6 Å². The molecule has 1 aromatic rings. The molecule has 0 fully saturated rings.